The van der Waals surface area contributed by atoms with Gasteiger partial charge in [-0.15, -0.1) is 0 Å². The molecule has 1 heterocycles. The van der Waals surface area contributed by atoms with Gasteiger partial charge in [-0.3, -0.25) is 4.68 Å². The molecule has 1 N–H and O–H groups in total. The van der Waals surface area contributed by atoms with Crippen LogP contribution in [0.25, 0.3) is 0 Å². The van der Waals surface area contributed by atoms with E-state index < -0.39 is 0 Å². The Kier molecular flexibility index (Phi) is 3.80. The average molecular weight is 167 g/mol. The lowest BCUT2D eigenvalue weighted by Gasteiger charge is -2.11. The monoisotopic (exact) mass is 167 g/mol. The van der Waals surface area contributed by atoms with Gasteiger partial charge in [-0.2, -0.15) is 5.10 Å². The van der Waals surface area contributed by atoms with Crippen molar-refractivity contribution in [2.75, 3.05) is 13.6 Å². The van der Waals surface area contributed by atoms with Crippen LogP contribution in [-0.2, 0) is 0 Å². The van der Waals surface area contributed by atoms with Crippen LogP contribution in [0.3, 0.4) is 0 Å². The molecule has 1 rings (SSSR count). The average Bonchev–Trinajstić information content (AvgIpc) is 2.56. The van der Waals surface area contributed by atoms with E-state index in [4.69, 9.17) is 0 Å². The molecular weight excluding hydrogens is 150 g/mol. The van der Waals surface area contributed by atoms with E-state index in [2.05, 4.69) is 17.3 Å². The zero-order valence-electron chi connectivity index (χ0n) is 7.83. The Bertz CT molecular complexity index is 194. The lowest BCUT2D eigenvalue weighted by molar-refractivity contribution is 0.443. The minimum absolute atomic E-state index is 0.522. The Hall–Kier alpha value is -0.830. The van der Waals surface area contributed by atoms with E-state index in [9.17, 15) is 0 Å². The molecule has 68 valence electrons. The van der Waals surface area contributed by atoms with Crippen molar-refractivity contribution in [2.24, 2.45) is 0 Å². The standard InChI is InChI=1S/C9H17N3/c1-9(5-3-6-10-2)12-8-4-7-11-12/h4,7-10H,3,5-6H2,1-2H3. The van der Waals surface area contributed by atoms with E-state index in [1.165, 1.54) is 12.8 Å². The molecule has 0 saturated heterocycles. The Morgan fingerprint density at radius 1 is 1.58 bits per heavy atom. The highest BCUT2D eigenvalue weighted by molar-refractivity contribution is 4.80. The highest BCUT2D eigenvalue weighted by Gasteiger charge is 2.02. The summed E-state index contributed by atoms with van der Waals surface area (Å²) in [6.45, 7) is 3.29. The Labute approximate surface area is 73.8 Å². The van der Waals surface area contributed by atoms with Gasteiger partial charge in [-0.1, -0.05) is 0 Å². The van der Waals surface area contributed by atoms with Crippen molar-refractivity contribution in [1.29, 1.82) is 0 Å². The van der Waals surface area contributed by atoms with Crippen molar-refractivity contribution in [1.82, 2.24) is 15.1 Å². The molecule has 0 fully saturated rings. The third kappa shape index (κ3) is 2.66. The first kappa shape index (κ1) is 9.26. The number of aromatic nitrogens is 2. The minimum atomic E-state index is 0.522. The molecule has 0 aliphatic rings. The summed E-state index contributed by atoms with van der Waals surface area (Å²) >= 11 is 0. The topological polar surface area (TPSA) is 29.9 Å². The summed E-state index contributed by atoms with van der Waals surface area (Å²) in [5, 5.41) is 7.33. The van der Waals surface area contributed by atoms with Crippen LogP contribution in [0.15, 0.2) is 18.5 Å². The maximum absolute atomic E-state index is 4.19. The van der Waals surface area contributed by atoms with Crippen LogP contribution in [0.1, 0.15) is 25.8 Å². The molecule has 0 aliphatic carbocycles. The Morgan fingerprint density at radius 2 is 2.42 bits per heavy atom. The maximum Gasteiger partial charge on any atom is 0.0491 e. The van der Waals surface area contributed by atoms with Crippen LogP contribution in [0.4, 0.5) is 0 Å². The highest BCUT2D eigenvalue weighted by Crippen LogP contribution is 2.09. The summed E-state index contributed by atoms with van der Waals surface area (Å²) in [5.74, 6) is 0. The van der Waals surface area contributed by atoms with E-state index in [1.807, 2.05) is 30.2 Å². The van der Waals surface area contributed by atoms with E-state index in [0.29, 0.717) is 6.04 Å². The summed E-state index contributed by atoms with van der Waals surface area (Å²) in [4.78, 5) is 0. The van der Waals surface area contributed by atoms with Gasteiger partial charge in [0.1, 0.15) is 0 Å². The maximum atomic E-state index is 4.19. The first-order valence-corrected chi connectivity index (χ1v) is 4.48. The van der Waals surface area contributed by atoms with E-state index in [0.717, 1.165) is 6.54 Å². The van der Waals surface area contributed by atoms with Crippen LogP contribution in [0.5, 0.6) is 0 Å². The first-order chi connectivity index (χ1) is 5.84. The van der Waals surface area contributed by atoms with Crippen LogP contribution in [-0.4, -0.2) is 23.4 Å². The zero-order chi connectivity index (χ0) is 8.81. The van der Waals surface area contributed by atoms with Crippen LogP contribution in [0, 0.1) is 0 Å². The van der Waals surface area contributed by atoms with Crippen molar-refractivity contribution in [3.05, 3.63) is 18.5 Å². The predicted octanol–water partition coefficient (Wildman–Crippen LogP) is 1.44. The fraction of sp³-hybridized carbons (Fsp3) is 0.667. The molecule has 0 aliphatic heterocycles. The van der Waals surface area contributed by atoms with Crippen LogP contribution < -0.4 is 5.32 Å². The van der Waals surface area contributed by atoms with Crippen molar-refractivity contribution in [2.45, 2.75) is 25.8 Å². The second kappa shape index (κ2) is 4.93. The van der Waals surface area contributed by atoms with Gasteiger partial charge in [0.2, 0.25) is 0 Å². The quantitative estimate of drug-likeness (QED) is 0.672. The van der Waals surface area contributed by atoms with Crippen LogP contribution >= 0.6 is 0 Å². The molecule has 3 nitrogen and oxygen atoms in total. The minimum Gasteiger partial charge on any atom is -0.320 e. The van der Waals surface area contributed by atoms with Crippen LogP contribution in [0.2, 0.25) is 0 Å². The summed E-state index contributed by atoms with van der Waals surface area (Å²) in [7, 11) is 1.98. The molecule has 0 amide bonds. The molecule has 1 unspecified atom stereocenters. The molecule has 0 aromatic carbocycles. The number of nitrogens with one attached hydrogen (secondary N) is 1. The number of rotatable bonds is 5. The van der Waals surface area contributed by atoms with Gasteiger partial charge in [0, 0.05) is 18.4 Å². The molecule has 0 spiro atoms. The molecule has 3 heteroatoms. The molecule has 0 bridgehead atoms. The van der Waals surface area contributed by atoms with Gasteiger partial charge in [0.25, 0.3) is 0 Å². The molecule has 0 radical (unpaired) electrons. The Balaban J connectivity index is 2.25. The lowest BCUT2D eigenvalue weighted by Crippen LogP contribution is -2.11. The van der Waals surface area contributed by atoms with Gasteiger partial charge < -0.3 is 5.32 Å². The first-order valence-electron chi connectivity index (χ1n) is 4.48. The molecule has 1 aromatic rings. The van der Waals surface area contributed by atoms with Gasteiger partial charge in [0.15, 0.2) is 0 Å². The van der Waals surface area contributed by atoms with Gasteiger partial charge >= 0.3 is 0 Å². The molecule has 0 saturated carbocycles. The van der Waals surface area contributed by atoms with E-state index in [-0.39, 0.29) is 0 Å². The zero-order valence-corrected chi connectivity index (χ0v) is 7.83. The Morgan fingerprint density at radius 3 is 3.00 bits per heavy atom. The SMILES string of the molecule is CNCCCC(C)n1cccn1. The largest absolute Gasteiger partial charge is 0.320 e. The second-order valence-corrected chi connectivity index (χ2v) is 3.08. The normalized spacial score (nSPS) is 13.2. The third-order valence-corrected chi connectivity index (χ3v) is 2.03. The molecule has 1 atom stereocenters. The van der Waals surface area contributed by atoms with E-state index in [1.54, 1.807) is 0 Å². The second-order valence-electron chi connectivity index (χ2n) is 3.08. The van der Waals surface area contributed by atoms with Gasteiger partial charge in [-0.05, 0) is 39.4 Å². The highest BCUT2D eigenvalue weighted by atomic mass is 15.3. The number of hydrogen-bond acceptors (Lipinski definition) is 2. The number of hydrogen-bond donors (Lipinski definition) is 1. The van der Waals surface area contributed by atoms with E-state index >= 15 is 0 Å². The van der Waals surface area contributed by atoms with Gasteiger partial charge in [-0.25, -0.2) is 0 Å². The summed E-state index contributed by atoms with van der Waals surface area (Å²) in [6, 6.07) is 2.49. The fourth-order valence-corrected chi connectivity index (χ4v) is 1.25. The summed E-state index contributed by atoms with van der Waals surface area (Å²) < 4.78 is 2.01. The molecule has 12 heavy (non-hydrogen) atoms. The number of nitrogens with zero attached hydrogens (tertiary/aromatic N) is 2. The summed E-state index contributed by atoms with van der Waals surface area (Å²) in [6.07, 6.45) is 6.23. The van der Waals surface area contributed by atoms with Crippen molar-refractivity contribution >= 4 is 0 Å². The molecular formula is C9H17N3. The smallest absolute Gasteiger partial charge is 0.0491 e. The van der Waals surface area contributed by atoms with Crippen molar-refractivity contribution in [3.63, 3.8) is 0 Å². The molecule has 1 aromatic heterocycles. The lowest BCUT2D eigenvalue weighted by atomic mass is 10.2. The van der Waals surface area contributed by atoms with Crippen molar-refractivity contribution in [3.8, 4) is 0 Å². The van der Waals surface area contributed by atoms with Gasteiger partial charge in [0.05, 0.1) is 0 Å². The van der Waals surface area contributed by atoms with Crippen molar-refractivity contribution < 1.29 is 0 Å². The predicted molar refractivity (Wildman–Crippen MR) is 50.1 cm³/mol. The summed E-state index contributed by atoms with van der Waals surface area (Å²) in [5.41, 5.74) is 0. The third-order valence-electron chi connectivity index (χ3n) is 2.03. The fourth-order valence-electron chi connectivity index (χ4n) is 1.25.